The van der Waals surface area contributed by atoms with E-state index in [1.807, 2.05) is 21.1 Å². The summed E-state index contributed by atoms with van der Waals surface area (Å²) in [5, 5.41) is 0. The average molecular weight is 469 g/mol. The molecule has 0 aromatic carbocycles. The van der Waals surface area contributed by atoms with Crippen LogP contribution >= 0.6 is 7.82 Å². The predicted molar refractivity (Wildman–Crippen MR) is 123 cm³/mol. The number of hydrogen-bond donors (Lipinski definition) is 1. The van der Waals surface area contributed by atoms with Crippen LogP contribution in [-0.2, 0) is 23.1 Å². The topological polar surface area (TPSA) is 91.3 Å². The van der Waals surface area contributed by atoms with Gasteiger partial charge >= 0.3 is 14.0 Å². The molecule has 0 heterocycles. The second-order valence-corrected chi connectivity index (χ2v) is 10.5. The minimum atomic E-state index is -4.20. The summed E-state index contributed by atoms with van der Waals surface area (Å²) in [6.45, 7) is 4.58. The van der Waals surface area contributed by atoms with E-state index in [0.717, 1.165) is 19.3 Å². The highest BCUT2D eigenvalue weighted by Gasteiger charge is 2.26. The number of phosphoric ester groups is 1. The molecule has 1 N–H and O–H groups in total. The lowest BCUT2D eigenvalue weighted by Gasteiger charge is -2.24. The molecule has 0 saturated heterocycles. The van der Waals surface area contributed by atoms with E-state index in [1.165, 1.54) is 44.9 Å². The Labute approximate surface area is 189 Å². The Hall–Kier alpha value is -0.660. The molecule has 2 atom stereocenters. The number of nitrogens with zero attached hydrogens (tertiary/aromatic N) is 1. The first-order valence-corrected chi connectivity index (χ1v) is 13.3. The molecule has 8 nitrogen and oxygen atoms in total. The first-order valence-electron chi connectivity index (χ1n) is 11.9. The van der Waals surface area contributed by atoms with Crippen molar-refractivity contribution in [3.05, 3.63) is 0 Å². The van der Waals surface area contributed by atoms with Crippen molar-refractivity contribution in [2.75, 3.05) is 47.5 Å². The SMILES string of the molecule is CCCCCCCCCCCCC(COP(=O)(O)OCC[N+](C)(C)C)OC(=O)OCC. The zero-order chi connectivity index (χ0) is 23.6. The van der Waals surface area contributed by atoms with E-state index in [0.29, 0.717) is 17.4 Å². The van der Waals surface area contributed by atoms with Gasteiger partial charge in [0, 0.05) is 0 Å². The monoisotopic (exact) mass is 468 g/mol. The summed E-state index contributed by atoms with van der Waals surface area (Å²) in [7, 11) is 1.68. The van der Waals surface area contributed by atoms with Crippen LogP contribution < -0.4 is 0 Å². The van der Waals surface area contributed by atoms with Crippen LogP contribution in [0.2, 0.25) is 0 Å². The summed E-state index contributed by atoms with van der Waals surface area (Å²) >= 11 is 0. The lowest BCUT2D eigenvalue weighted by atomic mass is 10.0. The zero-order valence-electron chi connectivity index (χ0n) is 20.5. The summed E-state index contributed by atoms with van der Waals surface area (Å²) < 4.78 is 32.9. The van der Waals surface area contributed by atoms with E-state index in [1.54, 1.807) is 6.92 Å². The van der Waals surface area contributed by atoms with Gasteiger partial charge in [-0.2, -0.15) is 0 Å². The van der Waals surface area contributed by atoms with E-state index >= 15 is 0 Å². The molecule has 0 amide bonds. The summed E-state index contributed by atoms with van der Waals surface area (Å²) in [6, 6.07) is 0. The minimum absolute atomic E-state index is 0.0964. The molecule has 0 aliphatic carbocycles. The third-order valence-corrected chi connectivity index (χ3v) is 5.83. The third kappa shape index (κ3) is 21.0. The molecule has 0 aromatic rings. The summed E-state index contributed by atoms with van der Waals surface area (Å²) in [5.74, 6) is 0. The van der Waals surface area contributed by atoms with Gasteiger partial charge < -0.3 is 18.9 Å². The maximum absolute atomic E-state index is 12.1. The van der Waals surface area contributed by atoms with Crippen molar-refractivity contribution in [1.82, 2.24) is 0 Å². The number of carbonyl (C=O) groups is 1. The Morgan fingerprint density at radius 3 is 1.97 bits per heavy atom. The molecule has 31 heavy (non-hydrogen) atoms. The molecule has 0 saturated carbocycles. The van der Waals surface area contributed by atoms with E-state index in [4.69, 9.17) is 18.5 Å². The zero-order valence-corrected chi connectivity index (χ0v) is 21.4. The summed E-state index contributed by atoms with van der Waals surface area (Å²) in [6.07, 6.45) is 11.1. The fourth-order valence-electron chi connectivity index (χ4n) is 2.97. The molecular weight excluding hydrogens is 421 g/mol. The van der Waals surface area contributed by atoms with Gasteiger partial charge in [0.05, 0.1) is 34.4 Å². The van der Waals surface area contributed by atoms with Crippen molar-refractivity contribution in [2.45, 2.75) is 90.6 Å². The van der Waals surface area contributed by atoms with Gasteiger partial charge in [0.25, 0.3) is 0 Å². The number of carbonyl (C=O) groups excluding carboxylic acids is 1. The van der Waals surface area contributed by atoms with Crippen LogP contribution in [-0.4, -0.2) is 69.1 Å². The van der Waals surface area contributed by atoms with Gasteiger partial charge in [-0.1, -0.05) is 64.7 Å². The number of phosphoric acid groups is 1. The van der Waals surface area contributed by atoms with E-state index in [2.05, 4.69) is 6.92 Å². The molecule has 0 aromatic heterocycles. The first kappa shape index (κ1) is 30.3. The molecule has 0 aliphatic rings. The normalized spacial score (nSPS) is 14.8. The number of quaternary nitrogens is 1. The smallest absolute Gasteiger partial charge is 0.435 e. The molecule has 0 radical (unpaired) electrons. The molecule has 2 unspecified atom stereocenters. The van der Waals surface area contributed by atoms with Crippen molar-refractivity contribution >= 4 is 14.0 Å². The van der Waals surface area contributed by atoms with Gasteiger partial charge in [-0.3, -0.25) is 9.05 Å². The predicted octanol–water partition coefficient (Wildman–Crippen LogP) is 5.68. The van der Waals surface area contributed by atoms with Crippen LogP contribution in [0.4, 0.5) is 4.79 Å². The Kier molecular flexibility index (Phi) is 17.5. The van der Waals surface area contributed by atoms with Crippen molar-refractivity contribution in [1.29, 1.82) is 0 Å². The minimum Gasteiger partial charge on any atom is -0.435 e. The van der Waals surface area contributed by atoms with Crippen LogP contribution in [0.5, 0.6) is 0 Å². The van der Waals surface area contributed by atoms with Crippen LogP contribution in [0.25, 0.3) is 0 Å². The van der Waals surface area contributed by atoms with Crippen LogP contribution in [0, 0.1) is 0 Å². The van der Waals surface area contributed by atoms with Crippen molar-refractivity contribution in [3.8, 4) is 0 Å². The van der Waals surface area contributed by atoms with Gasteiger partial charge in [0.1, 0.15) is 19.3 Å². The van der Waals surface area contributed by atoms with Gasteiger partial charge in [-0.05, 0) is 19.8 Å². The highest BCUT2D eigenvalue weighted by Crippen LogP contribution is 2.43. The van der Waals surface area contributed by atoms with Crippen LogP contribution in [0.15, 0.2) is 0 Å². The van der Waals surface area contributed by atoms with Crippen molar-refractivity contribution in [2.24, 2.45) is 0 Å². The average Bonchev–Trinajstić information content (AvgIpc) is 2.66. The Balaban J connectivity index is 4.22. The molecule has 0 bridgehead atoms. The molecular formula is C22H47NO7P+. The van der Waals surface area contributed by atoms with Gasteiger partial charge in [-0.25, -0.2) is 9.36 Å². The van der Waals surface area contributed by atoms with Gasteiger partial charge in [0.2, 0.25) is 0 Å². The quantitative estimate of drug-likeness (QED) is 0.106. The molecule has 0 rings (SSSR count). The number of ether oxygens (including phenoxy) is 2. The van der Waals surface area contributed by atoms with E-state index in [-0.39, 0.29) is 19.8 Å². The molecule has 0 aliphatic heterocycles. The van der Waals surface area contributed by atoms with Gasteiger partial charge in [0.15, 0.2) is 0 Å². The first-order chi connectivity index (χ1) is 14.6. The number of hydrogen-bond acceptors (Lipinski definition) is 6. The van der Waals surface area contributed by atoms with Crippen molar-refractivity contribution in [3.63, 3.8) is 0 Å². The number of rotatable bonds is 20. The van der Waals surface area contributed by atoms with E-state index < -0.39 is 20.1 Å². The molecule has 9 heteroatoms. The number of unbranched alkanes of at least 4 members (excludes halogenated alkanes) is 9. The molecule has 0 fully saturated rings. The Morgan fingerprint density at radius 2 is 1.45 bits per heavy atom. The van der Waals surface area contributed by atoms with Gasteiger partial charge in [-0.15, -0.1) is 0 Å². The highest BCUT2D eigenvalue weighted by atomic mass is 31.2. The lowest BCUT2D eigenvalue weighted by molar-refractivity contribution is -0.870. The van der Waals surface area contributed by atoms with Crippen LogP contribution in [0.3, 0.4) is 0 Å². The van der Waals surface area contributed by atoms with E-state index in [9.17, 15) is 14.3 Å². The second kappa shape index (κ2) is 17.8. The van der Waals surface area contributed by atoms with Crippen molar-refractivity contribution < 1.29 is 37.3 Å². The third-order valence-electron chi connectivity index (χ3n) is 4.84. The Bertz CT molecular complexity index is 497. The largest absolute Gasteiger partial charge is 0.508 e. The molecule has 186 valence electrons. The Morgan fingerprint density at radius 1 is 0.903 bits per heavy atom. The standard InChI is InChI=1S/C22H46NO7P/c1-6-8-9-10-11-12-13-14-15-16-17-21(30-22(24)27-7-2)20-29-31(25,26)28-19-18-23(3,4)5/h21H,6-20H2,1-5H3/p+1. The maximum Gasteiger partial charge on any atom is 0.508 e. The van der Waals surface area contributed by atoms with Crippen LogP contribution in [0.1, 0.15) is 84.5 Å². The summed E-state index contributed by atoms with van der Waals surface area (Å²) in [5.41, 5.74) is 0. The fourth-order valence-corrected chi connectivity index (χ4v) is 3.71. The molecule has 0 spiro atoms. The number of likely N-dealkylation sites (N-methyl/N-ethyl adjacent to an activating group) is 1. The summed E-state index contributed by atoms with van der Waals surface area (Å²) in [4.78, 5) is 21.6. The highest BCUT2D eigenvalue weighted by molar-refractivity contribution is 7.47. The fraction of sp³-hybridized carbons (Fsp3) is 0.955. The lowest BCUT2D eigenvalue weighted by Crippen LogP contribution is -2.37. The second-order valence-electron chi connectivity index (χ2n) is 9.01. The maximum atomic E-state index is 12.1.